The molecular formula is C13H7Br2NS. The Morgan fingerprint density at radius 3 is 2.41 bits per heavy atom. The molecule has 0 radical (unpaired) electrons. The van der Waals surface area contributed by atoms with Gasteiger partial charge in [0, 0.05) is 18.7 Å². The zero-order chi connectivity index (χ0) is 12.3. The van der Waals surface area contributed by atoms with Crippen molar-refractivity contribution in [2.45, 2.75) is 9.79 Å². The maximum atomic E-state index is 8.91. The summed E-state index contributed by atoms with van der Waals surface area (Å²) in [5.41, 5.74) is 0.664. The maximum absolute atomic E-state index is 8.91. The SMILES string of the molecule is N#Cc1cc(Br)cc(Sc2cccc(Br)c2)c1. The molecule has 0 aliphatic rings. The van der Waals surface area contributed by atoms with Crippen molar-refractivity contribution in [2.75, 3.05) is 0 Å². The minimum Gasteiger partial charge on any atom is -0.192 e. The fraction of sp³-hybridized carbons (Fsp3) is 0. The second kappa shape index (κ2) is 5.72. The summed E-state index contributed by atoms with van der Waals surface area (Å²) in [4.78, 5) is 2.19. The molecule has 0 aliphatic carbocycles. The lowest BCUT2D eigenvalue weighted by molar-refractivity contribution is 1.36. The number of benzene rings is 2. The molecule has 0 heterocycles. The van der Waals surface area contributed by atoms with Crippen molar-refractivity contribution in [1.29, 1.82) is 5.26 Å². The lowest BCUT2D eigenvalue weighted by Crippen LogP contribution is -1.79. The topological polar surface area (TPSA) is 23.8 Å². The van der Waals surface area contributed by atoms with Crippen LogP contribution in [0.1, 0.15) is 5.56 Å². The predicted molar refractivity (Wildman–Crippen MR) is 77.1 cm³/mol. The molecule has 0 amide bonds. The van der Waals surface area contributed by atoms with Crippen LogP contribution in [0, 0.1) is 11.3 Å². The summed E-state index contributed by atoms with van der Waals surface area (Å²) in [6, 6.07) is 15.9. The van der Waals surface area contributed by atoms with E-state index >= 15 is 0 Å². The van der Waals surface area contributed by atoms with Crippen molar-refractivity contribution >= 4 is 43.6 Å². The molecule has 0 N–H and O–H groups in total. The third-order valence-corrected chi connectivity index (χ3v) is 3.94. The Labute approximate surface area is 121 Å². The van der Waals surface area contributed by atoms with E-state index in [1.54, 1.807) is 11.8 Å². The lowest BCUT2D eigenvalue weighted by Gasteiger charge is -2.03. The van der Waals surface area contributed by atoms with Crippen LogP contribution in [0.3, 0.4) is 0 Å². The summed E-state index contributed by atoms with van der Waals surface area (Å²) in [6.45, 7) is 0. The Morgan fingerprint density at radius 1 is 0.941 bits per heavy atom. The fourth-order valence-corrected chi connectivity index (χ4v) is 3.52. The molecule has 1 nitrogen and oxygen atoms in total. The van der Waals surface area contributed by atoms with Gasteiger partial charge in [0.05, 0.1) is 11.6 Å². The summed E-state index contributed by atoms with van der Waals surface area (Å²) >= 11 is 8.49. The van der Waals surface area contributed by atoms with Crippen molar-refractivity contribution in [1.82, 2.24) is 0 Å². The van der Waals surface area contributed by atoms with Gasteiger partial charge in [0.25, 0.3) is 0 Å². The maximum Gasteiger partial charge on any atom is 0.0992 e. The Bertz CT molecular complexity index is 590. The van der Waals surface area contributed by atoms with Gasteiger partial charge in [-0.3, -0.25) is 0 Å². The highest BCUT2D eigenvalue weighted by Crippen LogP contribution is 2.31. The average molecular weight is 369 g/mol. The largest absolute Gasteiger partial charge is 0.192 e. The molecule has 0 unspecified atom stereocenters. The van der Waals surface area contributed by atoms with Gasteiger partial charge in [-0.1, -0.05) is 49.7 Å². The summed E-state index contributed by atoms with van der Waals surface area (Å²) in [5.74, 6) is 0. The molecule has 2 rings (SSSR count). The van der Waals surface area contributed by atoms with E-state index in [4.69, 9.17) is 5.26 Å². The lowest BCUT2D eigenvalue weighted by atomic mass is 10.2. The van der Waals surface area contributed by atoms with Gasteiger partial charge in [-0.2, -0.15) is 5.26 Å². The van der Waals surface area contributed by atoms with Crippen LogP contribution in [0.4, 0.5) is 0 Å². The van der Waals surface area contributed by atoms with E-state index in [0.29, 0.717) is 5.56 Å². The predicted octanol–water partition coefficient (Wildman–Crippen LogP) is 5.23. The second-order valence-electron chi connectivity index (χ2n) is 3.35. The molecule has 2 aromatic carbocycles. The standard InChI is InChI=1S/C13H7Br2NS/c14-10-2-1-3-12(6-10)17-13-5-9(8-16)4-11(15)7-13/h1-7H. The molecule has 0 aliphatic heterocycles. The second-order valence-corrected chi connectivity index (χ2v) is 6.33. The van der Waals surface area contributed by atoms with Gasteiger partial charge in [-0.15, -0.1) is 0 Å². The quantitative estimate of drug-likeness (QED) is 0.724. The van der Waals surface area contributed by atoms with Crippen LogP contribution in [0.5, 0.6) is 0 Å². The molecule has 0 saturated carbocycles. The van der Waals surface area contributed by atoms with Crippen molar-refractivity contribution in [3.8, 4) is 6.07 Å². The molecule has 84 valence electrons. The van der Waals surface area contributed by atoms with Gasteiger partial charge in [0.2, 0.25) is 0 Å². The van der Waals surface area contributed by atoms with Crippen molar-refractivity contribution in [3.05, 3.63) is 57.0 Å². The summed E-state index contributed by atoms with van der Waals surface area (Å²) in [6.07, 6.45) is 0. The van der Waals surface area contributed by atoms with E-state index in [-0.39, 0.29) is 0 Å². The van der Waals surface area contributed by atoms with Crippen LogP contribution < -0.4 is 0 Å². The monoisotopic (exact) mass is 367 g/mol. The number of nitrogens with zero attached hydrogens (tertiary/aromatic N) is 1. The Balaban J connectivity index is 2.30. The first-order valence-corrected chi connectivity index (χ1v) is 7.22. The number of hydrogen-bond donors (Lipinski definition) is 0. The normalized spacial score (nSPS) is 9.94. The van der Waals surface area contributed by atoms with Gasteiger partial charge in [-0.05, 0) is 36.4 Å². The molecule has 0 bridgehead atoms. The first kappa shape index (κ1) is 12.7. The van der Waals surface area contributed by atoms with Crippen molar-refractivity contribution in [3.63, 3.8) is 0 Å². The van der Waals surface area contributed by atoms with Gasteiger partial charge < -0.3 is 0 Å². The van der Waals surface area contributed by atoms with E-state index in [0.717, 1.165) is 18.7 Å². The Morgan fingerprint density at radius 2 is 1.71 bits per heavy atom. The molecular weight excluding hydrogens is 362 g/mol. The van der Waals surface area contributed by atoms with Gasteiger partial charge in [-0.25, -0.2) is 0 Å². The van der Waals surface area contributed by atoms with Gasteiger partial charge in [0.15, 0.2) is 0 Å². The first-order chi connectivity index (χ1) is 8.17. The number of rotatable bonds is 2. The van der Waals surface area contributed by atoms with E-state index in [1.165, 1.54) is 0 Å². The highest BCUT2D eigenvalue weighted by Gasteiger charge is 2.02. The minimum atomic E-state index is 0.664. The summed E-state index contributed by atoms with van der Waals surface area (Å²) < 4.78 is 1.98. The molecule has 0 fully saturated rings. The fourth-order valence-electron chi connectivity index (χ4n) is 1.35. The molecule has 17 heavy (non-hydrogen) atoms. The van der Waals surface area contributed by atoms with Crippen LogP contribution in [-0.4, -0.2) is 0 Å². The van der Waals surface area contributed by atoms with Crippen LogP contribution >= 0.6 is 43.6 Å². The molecule has 0 saturated heterocycles. The van der Waals surface area contributed by atoms with Gasteiger partial charge >= 0.3 is 0 Å². The van der Waals surface area contributed by atoms with E-state index in [2.05, 4.69) is 44.0 Å². The van der Waals surface area contributed by atoms with Crippen LogP contribution in [0.25, 0.3) is 0 Å². The molecule has 0 aromatic heterocycles. The average Bonchev–Trinajstić information content (AvgIpc) is 2.28. The van der Waals surface area contributed by atoms with E-state index in [1.807, 2.05) is 36.4 Å². The third-order valence-electron chi connectivity index (χ3n) is 2.03. The minimum absolute atomic E-state index is 0.664. The van der Waals surface area contributed by atoms with Crippen molar-refractivity contribution in [2.24, 2.45) is 0 Å². The van der Waals surface area contributed by atoms with Crippen molar-refractivity contribution < 1.29 is 0 Å². The number of hydrogen-bond acceptors (Lipinski definition) is 2. The smallest absolute Gasteiger partial charge is 0.0992 e. The molecule has 0 spiro atoms. The zero-order valence-electron chi connectivity index (χ0n) is 8.65. The highest BCUT2D eigenvalue weighted by atomic mass is 79.9. The molecule has 0 atom stereocenters. The molecule has 2 aromatic rings. The van der Waals surface area contributed by atoms with E-state index in [9.17, 15) is 0 Å². The Kier molecular flexibility index (Phi) is 4.27. The highest BCUT2D eigenvalue weighted by molar-refractivity contribution is 9.10. The zero-order valence-corrected chi connectivity index (χ0v) is 12.6. The third kappa shape index (κ3) is 3.60. The van der Waals surface area contributed by atoms with Crippen LogP contribution in [0.15, 0.2) is 61.2 Å². The first-order valence-electron chi connectivity index (χ1n) is 4.81. The van der Waals surface area contributed by atoms with Crippen LogP contribution in [-0.2, 0) is 0 Å². The summed E-state index contributed by atoms with van der Waals surface area (Å²) in [5, 5.41) is 8.91. The van der Waals surface area contributed by atoms with Gasteiger partial charge in [0.1, 0.15) is 0 Å². The number of nitriles is 1. The number of halogens is 2. The Hall–Kier alpha value is -0.760. The summed E-state index contributed by atoms with van der Waals surface area (Å²) in [7, 11) is 0. The molecule has 4 heteroatoms. The van der Waals surface area contributed by atoms with E-state index < -0.39 is 0 Å². The van der Waals surface area contributed by atoms with Crippen LogP contribution in [0.2, 0.25) is 0 Å².